The van der Waals surface area contributed by atoms with Gasteiger partial charge in [-0.25, -0.2) is 4.98 Å². The van der Waals surface area contributed by atoms with Crippen LogP contribution in [0.5, 0.6) is 5.75 Å². The van der Waals surface area contributed by atoms with Crippen LogP contribution in [0.25, 0.3) is 22.2 Å². The predicted octanol–water partition coefficient (Wildman–Crippen LogP) is 6.62. The number of hydrogen-bond acceptors (Lipinski definition) is 5. The topological polar surface area (TPSA) is 94.3 Å². The molecule has 2 aromatic carbocycles. The van der Waals surface area contributed by atoms with E-state index in [0.29, 0.717) is 33.9 Å². The number of ether oxygens (including phenoxy) is 1. The second kappa shape index (κ2) is 10.7. The van der Waals surface area contributed by atoms with Gasteiger partial charge in [-0.1, -0.05) is 57.5 Å². The summed E-state index contributed by atoms with van der Waals surface area (Å²) in [5, 5.41) is 4.11. The number of thiophene rings is 1. The van der Waals surface area contributed by atoms with Gasteiger partial charge in [0.25, 0.3) is 11.8 Å². The maximum Gasteiger partial charge on any atom is 0.257 e. The van der Waals surface area contributed by atoms with Crippen molar-refractivity contribution in [3.63, 3.8) is 0 Å². The number of rotatable bonds is 9. The van der Waals surface area contributed by atoms with E-state index in [4.69, 9.17) is 15.5 Å². The van der Waals surface area contributed by atoms with Gasteiger partial charge in [-0.05, 0) is 42.7 Å². The Labute approximate surface area is 209 Å². The summed E-state index contributed by atoms with van der Waals surface area (Å²) < 4.78 is 5.86. The van der Waals surface area contributed by atoms with Crippen LogP contribution in [0.1, 0.15) is 65.1 Å². The first kappa shape index (κ1) is 24.4. The van der Waals surface area contributed by atoms with E-state index >= 15 is 0 Å². The molecule has 0 spiro atoms. The fourth-order valence-corrected chi connectivity index (χ4v) is 4.79. The zero-order chi connectivity index (χ0) is 24.9. The maximum atomic E-state index is 13.5. The molecule has 2 aromatic heterocycles. The van der Waals surface area contributed by atoms with E-state index in [0.717, 1.165) is 34.4 Å². The second-order valence-corrected chi connectivity index (χ2v) is 9.75. The lowest BCUT2D eigenvalue weighted by Crippen LogP contribution is -2.17. The number of fused-ring (bicyclic) bond motifs is 1. The fraction of sp³-hybridized carbons (Fsp3) is 0.250. The van der Waals surface area contributed by atoms with Crippen LogP contribution in [0.2, 0.25) is 0 Å². The standard InChI is InChI=1S/C28H29N3O3S/c1-4-5-13-34-19-10-8-9-18(14-19)24-15-21(20-11-6-7-12-23(20)30-24)27(33)31-28-22(26(29)32)16-25(35-28)17(2)3/h6-12,14-17H,4-5,13H2,1-3H3,(H2,29,32)(H,31,33). The highest BCUT2D eigenvalue weighted by Crippen LogP contribution is 2.34. The molecular weight excluding hydrogens is 458 g/mol. The van der Waals surface area contributed by atoms with E-state index in [1.54, 1.807) is 12.1 Å². The van der Waals surface area contributed by atoms with Gasteiger partial charge >= 0.3 is 0 Å². The van der Waals surface area contributed by atoms with Crippen molar-refractivity contribution in [2.75, 3.05) is 11.9 Å². The highest BCUT2D eigenvalue weighted by Gasteiger charge is 2.20. The zero-order valence-corrected chi connectivity index (χ0v) is 20.9. The van der Waals surface area contributed by atoms with Gasteiger partial charge in [-0.2, -0.15) is 0 Å². The minimum Gasteiger partial charge on any atom is -0.494 e. The number of carbonyl (C=O) groups is 2. The number of nitrogens with zero attached hydrogens (tertiary/aromatic N) is 1. The summed E-state index contributed by atoms with van der Waals surface area (Å²) in [5.74, 6) is 0.0928. The van der Waals surface area contributed by atoms with E-state index in [2.05, 4.69) is 12.2 Å². The lowest BCUT2D eigenvalue weighted by molar-refractivity contribution is 0.100. The third-order valence-corrected chi connectivity index (χ3v) is 7.02. The molecule has 0 aliphatic heterocycles. The van der Waals surface area contributed by atoms with E-state index < -0.39 is 5.91 Å². The van der Waals surface area contributed by atoms with Crippen molar-refractivity contribution < 1.29 is 14.3 Å². The number of benzene rings is 2. The molecule has 180 valence electrons. The Morgan fingerprint density at radius 1 is 1.06 bits per heavy atom. The van der Waals surface area contributed by atoms with E-state index in [-0.39, 0.29) is 11.8 Å². The number of hydrogen-bond donors (Lipinski definition) is 2. The lowest BCUT2D eigenvalue weighted by atomic mass is 10.0. The number of nitrogens with two attached hydrogens (primary N) is 1. The summed E-state index contributed by atoms with van der Waals surface area (Å²) >= 11 is 1.37. The molecule has 0 saturated heterocycles. The third kappa shape index (κ3) is 5.52. The average Bonchev–Trinajstić information content (AvgIpc) is 3.28. The monoisotopic (exact) mass is 487 g/mol. The van der Waals surface area contributed by atoms with Crippen molar-refractivity contribution in [1.82, 2.24) is 4.98 Å². The van der Waals surface area contributed by atoms with Crippen LogP contribution in [-0.2, 0) is 0 Å². The minimum absolute atomic E-state index is 0.212. The summed E-state index contributed by atoms with van der Waals surface area (Å²) in [6.45, 7) is 6.84. The number of para-hydroxylation sites is 1. The van der Waals surface area contributed by atoms with Gasteiger partial charge in [0.2, 0.25) is 0 Å². The Hall–Kier alpha value is -3.71. The first-order valence-corrected chi connectivity index (χ1v) is 12.6. The number of nitrogens with one attached hydrogen (secondary N) is 1. The molecule has 0 atom stereocenters. The quantitative estimate of drug-likeness (QED) is 0.260. The molecule has 0 unspecified atom stereocenters. The van der Waals surface area contributed by atoms with Crippen molar-refractivity contribution in [2.24, 2.45) is 5.73 Å². The Morgan fingerprint density at radius 2 is 1.86 bits per heavy atom. The molecule has 0 aliphatic carbocycles. The molecule has 0 radical (unpaired) electrons. The zero-order valence-electron chi connectivity index (χ0n) is 20.1. The molecule has 0 bridgehead atoms. The van der Waals surface area contributed by atoms with Crippen molar-refractivity contribution in [1.29, 1.82) is 0 Å². The number of amides is 2. The Bertz CT molecular complexity index is 1380. The van der Waals surface area contributed by atoms with E-state index in [1.807, 2.05) is 62.4 Å². The highest BCUT2D eigenvalue weighted by molar-refractivity contribution is 7.16. The van der Waals surface area contributed by atoms with Gasteiger partial charge < -0.3 is 15.8 Å². The van der Waals surface area contributed by atoms with Crippen LogP contribution in [0.4, 0.5) is 5.00 Å². The summed E-state index contributed by atoms with van der Waals surface area (Å²) in [6.07, 6.45) is 2.04. The molecule has 0 fully saturated rings. The number of pyridine rings is 1. The largest absolute Gasteiger partial charge is 0.494 e. The van der Waals surface area contributed by atoms with Gasteiger partial charge in [0.05, 0.1) is 28.9 Å². The Kier molecular flexibility index (Phi) is 7.46. The lowest BCUT2D eigenvalue weighted by Gasteiger charge is -2.12. The minimum atomic E-state index is -0.566. The predicted molar refractivity (Wildman–Crippen MR) is 142 cm³/mol. The fourth-order valence-electron chi connectivity index (χ4n) is 3.73. The van der Waals surface area contributed by atoms with Crippen LogP contribution in [0, 0.1) is 0 Å². The molecule has 35 heavy (non-hydrogen) atoms. The van der Waals surface area contributed by atoms with Gasteiger partial charge in [-0.3, -0.25) is 9.59 Å². The van der Waals surface area contributed by atoms with Gasteiger partial charge in [0, 0.05) is 15.8 Å². The van der Waals surface area contributed by atoms with E-state index in [9.17, 15) is 9.59 Å². The Morgan fingerprint density at radius 3 is 2.60 bits per heavy atom. The normalized spacial score (nSPS) is 11.1. The van der Waals surface area contributed by atoms with Crippen molar-refractivity contribution >= 4 is 39.1 Å². The van der Waals surface area contributed by atoms with Crippen LogP contribution < -0.4 is 15.8 Å². The number of primary amides is 1. The Balaban J connectivity index is 1.73. The van der Waals surface area contributed by atoms with Crippen molar-refractivity contribution in [3.05, 3.63) is 76.7 Å². The molecule has 6 nitrogen and oxygen atoms in total. The summed E-state index contributed by atoms with van der Waals surface area (Å²) in [6, 6.07) is 18.8. The SMILES string of the molecule is CCCCOc1cccc(-c2cc(C(=O)Nc3sc(C(C)C)cc3C(N)=O)c3ccccc3n2)c1. The maximum absolute atomic E-state index is 13.5. The van der Waals surface area contributed by atoms with Crippen LogP contribution >= 0.6 is 11.3 Å². The van der Waals surface area contributed by atoms with Gasteiger partial charge in [-0.15, -0.1) is 11.3 Å². The van der Waals surface area contributed by atoms with Crippen LogP contribution in [0.3, 0.4) is 0 Å². The number of carbonyl (C=O) groups excluding carboxylic acids is 2. The van der Waals surface area contributed by atoms with Gasteiger partial charge in [0.15, 0.2) is 0 Å². The molecule has 4 rings (SSSR count). The van der Waals surface area contributed by atoms with Crippen LogP contribution in [-0.4, -0.2) is 23.4 Å². The number of aromatic nitrogens is 1. The number of anilines is 1. The molecular formula is C28H29N3O3S. The molecule has 7 heteroatoms. The smallest absolute Gasteiger partial charge is 0.257 e. The van der Waals surface area contributed by atoms with Crippen molar-refractivity contribution in [3.8, 4) is 17.0 Å². The average molecular weight is 488 g/mol. The summed E-state index contributed by atoms with van der Waals surface area (Å²) in [5.41, 5.74) is 8.60. The molecule has 3 N–H and O–H groups in total. The second-order valence-electron chi connectivity index (χ2n) is 8.67. The number of unbranched alkanes of at least 4 members (excludes halogenated alkanes) is 1. The first-order chi connectivity index (χ1) is 16.9. The van der Waals surface area contributed by atoms with Crippen LogP contribution in [0.15, 0.2) is 60.7 Å². The van der Waals surface area contributed by atoms with Crippen molar-refractivity contribution in [2.45, 2.75) is 39.5 Å². The first-order valence-electron chi connectivity index (χ1n) is 11.7. The summed E-state index contributed by atoms with van der Waals surface area (Å²) in [7, 11) is 0. The van der Waals surface area contributed by atoms with E-state index in [1.165, 1.54) is 11.3 Å². The molecule has 0 aliphatic rings. The van der Waals surface area contributed by atoms with Gasteiger partial charge in [0.1, 0.15) is 10.8 Å². The molecule has 0 saturated carbocycles. The molecule has 2 amide bonds. The third-order valence-electron chi connectivity index (χ3n) is 5.67. The molecule has 4 aromatic rings. The summed E-state index contributed by atoms with van der Waals surface area (Å²) in [4.78, 5) is 31.3. The highest BCUT2D eigenvalue weighted by atomic mass is 32.1. The molecule has 2 heterocycles.